The molecule has 3 aromatic rings. The molecule has 8 heteroatoms. The van der Waals surface area contributed by atoms with E-state index in [1.807, 2.05) is 24.3 Å². The van der Waals surface area contributed by atoms with E-state index in [0.717, 1.165) is 17.6 Å². The maximum atomic E-state index is 10.8. The molecule has 0 saturated heterocycles. The molecule has 7 nitrogen and oxygen atoms in total. The topological polar surface area (TPSA) is 83.7 Å². The number of carbonyl (C=O) groups excluding carboxylic acids is 1. The van der Waals surface area contributed by atoms with E-state index in [1.165, 1.54) is 18.9 Å². The van der Waals surface area contributed by atoms with Crippen LogP contribution >= 0.6 is 11.8 Å². The number of hydrogen-bond acceptors (Lipinski definition) is 8. The molecule has 0 unspecified atom stereocenters. The number of methoxy groups -OCH3 is 2. The van der Waals surface area contributed by atoms with Gasteiger partial charge in [-0.15, -0.1) is 10.2 Å². The summed E-state index contributed by atoms with van der Waals surface area (Å²) in [4.78, 5) is 10.8. The zero-order chi connectivity index (χ0) is 19.1. The second kappa shape index (κ2) is 9.09. The summed E-state index contributed by atoms with van der Waals surface area (Å²) in [5, 5.41) is 8.55. The summed E-state index contributed by atoms with van der Waals surface area (Å²) in [5.74, 6) is 2.93. The Balaban J connectivity index is 1.52. The van der Waals surface area contributed by atoms with Gasteiger partial charge in [0.2, 0.25) is 5.89 Å². The molecule has 0 radical (unpaired) electrons. The summed E-state index contributed by atoms with van der Waals surface area (Å²) < 4.78 is 21.7. The minimum absolute atomic E-state index is 0.418. The molecule has 0 aliphatic carbocycles. The van der Waals surface area contributed by atoms with Crippen LogP contribution in [0.5, 0.6) is 17.2 Å². The number of hydrogen-bond donors (Lipinski definition) is 0. The minimum Gasteiger partial charge on any atom is -0.497 e. The third-order valence-corrected chi connectivity index (χ3v) is 4.42. The van der Waals surface area contributed by atoms with Crippen molar-refractivity contribution in [2.45, 2.75) is 5.22 Å². The average molecular weight is 386 g/mol. The molecule has 140 valence electrons. The number of aldehydes is 1. The van der Waals surface area contributed by atoms with Gasteiger partial charge in [0.25, 0.3) is 5.22 Å². The van der Waals surface area contributed by atoms with Gasteiger partial charge in [0.1, 0.15) is 12.0 Å². The molecule has 1 aromatic heterocycles. The highest BCUT2D eigenvalue weighted by Gasteiger charge is 2.10. The van der Waals surface area contributed by atoms with Crippen LogP contribution in [0.1, 0.15) is 10.4 Å². The highest BCUT2D eigenvalue weighted by atomic mass is 32.2. The third kappa shape index (κ3) is 4.79. The van der Waals surface area contributed by atoms with Crippen molar-refractivity contribution < 1.29 is 23.4 Å². The molecule has 1 heterocycles. The Labute approximate surface area is 160 Å². The Hall–Kier alpha value is -3.00. The van der Waals surface area contributed by atoms with E-state index in [1.54, 1.807) is 25.3 Å². The van der Waals surface area contributed by atoms with E-state index in [2.05, 4.69) is 10.2 Å². The van der Waals surface area contributed by atoms with Gasteiger partial charge in [-0.1, -0.05) is 11.8 Å². The van der Waals surface area contributed by atoms with Crippen LogP contribution in [0.3, 0.4) is 0 Å². The number of nitrogens with zero attached hydrogens (tertiary/aromatic N) is 2. The van der Waals surface area contributed by atoms with Gasteiger partial charge >= 0.3 is 0 Å². The Morgan fingerprint density at radius 1 is 1.04 bits per heavy atom. The van der Waals surface area contributed by atoms with Gasteiger partial charge in [0.15, 0.2) is 11.5 Å². The van der Waals surface area contributed by atoms with Crippen molar-refractivity contribution in [3.05, 3.63) is 48.0 Å². The third-order valence-electron chi connectivity index (χ3n) is 3.63. The molecule has 0 amide bonds. The highest BCUT2D eigenvalue weighted by Crippen LogP contribution is 2.28. The number of aromatic nitrogens is 2. The Bertz CT molecular complexity index is 895. The van der Waals surface area contributed by atoms with Crippen LogP contribution in [0.15, 0.2) is 52.1 Å². The molecular formula is C19H18N2O5S. The first-order valence-corrected chi connectivity index (χ1v) is 9.09. The van der Waals surface area contributed by atoms with Gasteiger partial charge < -0.3 is 18.6 Å². The quantitative estimate of drug-likeness (QED) is 0.312. The van der Waals surface area contributed by atoms with Gasteiger partial charge in [-0.25, -0.2) is 0 Å². The molecule has 0 saturated carbocycles. The normalized spacial score (nSPS) is 10.4. The molecule has 0 aliphatic rings. The van der Waals surface area contributed by atoms with Crippen molar-refractivity contribution in [1.82, 2.24) is 10.2 Å². The largest absolute Gasteiger partial charge is 0.497 e. The van der Waals surface area contributed by atoms with Crippen LogP contribution in [0.2, 0.25) is 0 Å². The van der Waals surface area contributed by atoms with Crippen LogP contribution in [-0.2, 0) is 0 Å². The van der Waals surface area contributed by atoms with Crippen molar-refractivity contribution in [2.75, 3.05) is 26.6 Å². The lowest BCUT2D eigenvalue weighted by atomic mass is 10.2. The van der Waals surface area contributed by atoms with Gasteiger partial charge in [0, 0.05) is 16.9 Å². The zero-order valence-electron chi connectivity index (χ0n) is 14.9. The predicted molar refractivity (Wildman–Crippen MR) is 101 cm³/mol. The summed E-state index contributed by atoms with van der Waals surface area (Å²) >= 11 is 1.40. The Morgan fingerprint density at radius 3 is 2.56 bits per heavy atom. The molecule has 0 N–H and O–H groups in total. The summed E-state index contributed by atoms with van der Waals surface area (Å²) in [7, 11) is 3.15. The van der Waals surface area contributed by atoms with Crippen molar-refractivity contribution in [3.63, 3.8) is 0 Å². The standard InChI is InChI=1S/C19H18N2O5S/c1-23-15-6-4-14(5-7-15)18-20-21-19(26-18)27-10-9-25-16-8-3-13(12-22)11-17(16)24-2/h3-8,11-12H,9-10H2,1-2H3. The molecule has 2 aromatic carbocycles. The average Bonchev–Trinajstić information content (AvgIpc) is 3.20. The van der Waals surface area contributed by atoms with Gasteiger partial charge in [-0.2, -0.15) is 0 Å². The Morgan fingerprint density at radius 2 is 1.85 bits per heavy atom. The fourth-order valence-electron chi connectivity index (χ4n) is 2.28. The van der Waals surface area contributed by atoms with E-state index in [4.69, 9.17) is 18.6 Å². The van der Waals surface area contributed by atoms with Crippen molar-refractivity contribution >= 4 is 18.0 Å². The summed E-state index contributed by atoms with van der Waals surface area (Å²) in [5.41, 5.74) is 1.36. The van der Waals surface area contributed by atoms with Crippen molar-refractivity contribution in [2.24, 2.45) is 0 Å². The lowest BCUT2D eigenvalue weighted by Crippen LogP contribution is -2.02. The molecule has 0 atom stereocenters. The van der Waals surface area contributed by atoms with Crippen LogP contribution in [-0.4, -0.2) is 43.1 Å². The van der Waals surface area contributed by atoms with Crippen molar-refractivity contribution in [3.8, 4) is 28.7 Å². The first-order valence-electron chi connectivity index (χ1n) is 8.10. The summed E-state index contributed by atoms with van der Waals surface area (Å²) in [6.07, 6.45) is 0.762. The SMILES string of the molecule is COc1ccc(-c2nnc(SCCOc3ccc(C=O)cc3OC)o2)cc1. The summed E-state index contributed by atoms with van der Waals surface area (Å²) in [6, 6.07) is 12.4. The molecule has 27 heavy (non-hydrogen) atoms. The molecular weight excluding hydrogens is 368 g/mol. The molecule has 0 fully saturated rings. The van der Waals surface area contributed by atoms with E-state index >= 15 is 0 Å². The fourth-order valence-corrected chi connectivity index (χ4v) is 2.85. The highest BCUT2D eigenvalue weighted by molar-refractivity contribution is 7.99. The van der Waals surface area contributed by atoms with E-state index in [-0.39, 0.29) is 0 Å². The lowest BCUT2D eigenvalue weighted by Gasteiger charge is -2.10. The van der Waals surface area contributed by atoms with E-state index < -0.39 is 0 Å². The van der Waals surface area contributed by atoms with E-state index in [0.29, 0.717) is 40.5 Å². The number of ether oxygens (including phenoxy) is 3. The summed E-state index contributed by atoms with van der Waals surface area (Å²) in [6.45, 7) is 0.418. The van der Waals surface area contributed by atoms with Gasteiger partial charge in [0.05, 0.1) is 20.8 Å². The lowest BCUT2D eigenvalue weighted by molar-refractivity contribution is 0.112. The monoisotopic (exact) mass is 386 g/mol. The fraction of sp³-hybridized carbons (Fsp3) is 0.211. The number of benzene rings is 2. The molecule has 0 aliphatic heterocycles. The first-order chi connectivity index (χ1) is 13.2. The maximum absolute atomic E-state index is 10.8. The number of carbonyl (C=O) groups is 1. The molecule has 0 spiro atoms. The van der Waals surface area contributed by atoms with Crippen LogP contribution in [0.4, 0.5) is 0 Å². The van der Waals surface area contributed by atoms with Crippen molar-refractivity contribution in [1.29, 1.82) is 0 Å². The van der Waals surface area contributed by atoms with Crippen LogP contribution in [0.25, 0.3) is 11.5 Å². The van der Waals surface area contributed by atoms with Crippen LogP contribution < -0.4 is 14.2 Å². The van der Waals surface area contributed by atoms with E-state index in [9.17, 15) is 4.79 Å². The second-order valence-corrected chi connectivity index (χ2v) is 6.37. The minimum atomic E-state index is 0.418. The first kappa shape index (κ1) is 18.8. The van der Waals surface area contributed by atoms with Gasteiger partial charge in [-0.05, 0) is 42.5 Å². The molecule has 3 rings (SSSR count). The zero-order valence-corrected chi connectivity index (χ0v) is 15.7. The van der Waals surface area contributed by atoms with Crippen LogP contribution in [0, 0.1) is 0 Å². The van der Waals surface area contributed by atoms with Gasteiger partial charge in [-0.3, -0.25) is 4.79 Å². The molecule has 0 bridgehead atoms. The number of thioether (sulfide) groups is 1. The smallest absolute Gasteiger partial charge is 0.276 e. The maximum Gasteiger partial charge on any atom is 0.276 e. The second-order valence-electron chi connectivity index (χ2n) is 5.33. The Kier molecular flexibility index (Phi) is 6.32. The predicted octanol–water partition coefficient (Wildman–Crippen LogP) is 3.74. The number of rotatable bonds is 9.